The van der Waals surface area contributed by atoms with Gasteiger partial charge >= 0.3 is 12.0 Å². The first-order valence-electron chi connectivity index (χ1n) is 6.56. The summed E-state index contributed by atoms with van der Waals surface area (Å²) in [7, 11) is 0. The lowest BCUT2D eigenvalue weighted by atomic mass is 9.69. The number of morpholine rings is 1. The number of hydrogen-bond acceptors (Lipinski definition) is 4. The lowest BCUT2D eigenvalue weighted by Gasteiger charge is -2.39. The minimum absolute atomic E-state index is 0.122. The number of carbonyl (C=O) groups excluding carboxylic acids is 1. The van der Waals surface area contributed by atoms with Crippen LogP contribution in [0, 0.1) is 5.41 Å². The van der Waals surface area contributed by atoms with Crippen LogP contribution in [0.1, 0.15) is 19.3 Å². The Labute approximate surface area is 111 Å². The summed E-state index contributed by atoms with van der Waals surface area (Å²) >= 11 is 0. The normalized spacial score (nSPS) is 25.5. The summed E-state index contributed by atoms with van der Waals surface area (Å²) in [6.45, 7) is 1.23. The molecule has 108 valence electrons. The first-order valence-corrected chi connectivity index (χ1v) is 6.56. The standard InChI is InChI=1S/C12H20N2O5/c15-7-9-6-14(4-5-19-9)11(18)13-8-12(10(16)17)2-1-3-12/h9,15H,1-8H2,(H,13,18)(H,16,17). The molecule has 0 aromatic heterocycles. The van der Waals surface area contributed by atoms with Crippen molar-refractivity contribution in [3.63, 3.8) is 0 Å². The molecule has 1 heterocycles. The van der Waals surface area contributed by atoms with E-state index in [1.807, 2.05) is 0 Å². The van der Waals surface area contributed by atoms with Gasteiger partial charge in [0.1, 0.15) is 0 Å². The molecule has 1 aliphatic carbocycles. The van der Waals surface area contributed by atoms with Crippen LogP contribution in [0.4, 0.5) is 4.79 Å². The summed E-state index contributed by atoms with van der Waals surface area (Å²) < 4.78 is 5.26. The molecule has 0 aromatic carbocycles. The number of aliphatic carboxylic acids is 1. The third kappa shape index (κ3) is 2.98. The molecule has 7 nitrogen and oxygen atoms in total. The molecular weight excluding hydrogens is 252 g/mol. The summed E-state index contributed by atoms with van der Waals surface area (Å²) in [5.41, 5.74) is -0.779. The smallest absolute Gasteiger partial charge is 0.317 e. The van der Waals surface area contributed by atoms with E-state index in [-0.39, 0.29) is 25.3 Å². The van der Waals surface area contributed by atoms with Crippen molar-refractivity contribution < 1.29 is 24.5 Å². The van der Waals surface area contributed by atoms with Crippen molar-refractivity contribution in [2.75, 3.05) is 32.8 Å². The maximum atomic E-state index is 12.0. The van der Waals surface area contributed by atoms with Crippen molar-refractivity contribution in [3.8, 4) is 0 Å². The fraction of sp³-hybridized carbons (Fsp3) is 0.833. The van der Waals surface area contributed by atoms with Crippen LogP contribution in [0.2, 0.25) is 0 Å². The number of nitrogens with one attached hydrogen (secondary N) is 1. The van der Waals surface area contributed by atoms with E-state index in [1.165, 1.54) is 0 Å². The minimum atomic E-state index is -0.839. The molecule has 1 unspecified atom stereocenters. The van der Waals surface area contributed by atoms with Crippen molar-refractivity contribution in [3.05, 3.63) is 0 Å². The number of ether oxygens (including phenoxy) is 1. The monoisotopic (exact) mass is 272 g/mol. The van der Waals surface area contributed by atoms with Crippen LogP contribution >= 0.6 is 0 Å². The zero-order chi connectivity index (χ0) is 13.9. The molecule has 0 aromatic rings. The van der Waals surface area contributed by atoms with Crippen molar-refractivity contribution in [1.82, 2.24) is 10.2 Å². The number of rotatable bonds is 4. The van der Waals surface area contributed by atoms with Gasteiger partial charge in [-0.1, -0.05) is 6.42 Å². The van der Waals surface area contributed by atoms with Gasteiger partial charge < -0.3 is 25.2 Å². The van der Waals surface area contributed by atoms with Crippen LogP contribution in [-0.2, 0) is 9.53 Å². The summed E-state index contributed by atoms with van der Waals surface area (Å²) in [6, 6.07) is -0.283. The molecule has 2 amide bonds. The number of urea groups is 1. The van der Waals surface area contributed by atoms with Gasteiger partial charge in [0.05, 0.1) is 31.3 Å². The minimum Gasteiger partial charge on any atom is -0.481 e. The second kappa shape index (κ2) is 5.75. The summed E-state index contributed by atoms with van der Waals surface area (Å²) in [5.74, 6) is -0.839. The SMILES string of the molecule is O=C(NCC1(C(=O)O)CCC1)N1CCOC(CO)C1. The molecule has 2 aliphatic rings. The fourth-order valence-corrected chi connectivity index (χ4v) is 2.44. The van der Waals surface area contributed by atoms with E-state index >= 15 is 0 Å². The number of amides is 2. The van der Waals surface area contributed by atoms with Crippen LogP contribution in [-0.4, -0.2) is 66.1 Å². The van der Waals surface area contributed by atoms with Gasteiger partial charge in [0.25, 0.3) is 0 Å². The first kappa shape index (κ1) is 14.1. The van der Waals surface area contributed by atoms with E-state index in [0.29, 0.717) is 32.5 Å². The average molecular weight is 272 g/mol. The molecule has 2 fully saturated rings. The van der Waals surface area contributed by atoms with E-state index in [2.05, 4.69) is 5.32 Å². The zero-order valence-corrected chi connectivity index (χ0v) is 10.8. The molecule has 1 atom stereocenters. The van der Waals surface area contributed by atoms with Gasteiger partial charge in [-0.25, -0.2) is 4.79 Å². The van der Waals surface area contributed by atoms with Gasteiger partial charge in [-0.2, -0.15) is 0 Å². The molecule has 7 heteroatoms. The lowest BCUT2D eigenvalue weighted by molar-refractivity contribution is -0.153. The number of hydrogen-bond donors (Lipinski definition) is 3. The highest BCUT2D eigenvalue weighted by atomic mass is 16.5. The molecule has 19 heavy (non-hydrogen) atoms. The Morgan fingerprint density at radius 2 is 2.16 bits per heavy atom. The second-order valence-corrected chi connectivity index (χ2v) is 5.22. The highest BCUT2D eigenvalue weighted by molar-refractivity contribution is 5.79. The van der Waals surface area contributed by atoms with Crippen LogP contribution in [0.5, 0.6) is 0 Å². The van der Waals surface area contributed by atoms with Gasteiger partial charge in [-0.05, 0) is 12.8 Å². The number of nitrogens with zero attached hydrogens (tertiary/aromatic N) is 1. The van der Waals surface area contributed by atoms with Crippen molar-refractivity contribution in [1.29, 1.82) is 0 Å². The highest BCUT2D eigenvalue weighted by Gasteiger charge is 2.44. The van der Waals surface area contributed by atoms with Crippen LogP contribution < -0.4 is 5.32 Å². The second-order valence-electron chi connectivity index (χ2n) is 5.22. The Kier molecular flexibility index (Phi) is 4.26. The van der Waals surface area contributed by atoms with Gasteiger partial charge in [-0.15, -0.1) is 0 Å². The maximum Gasteiger partial charge on any atom is 0.317 e. The predicted octanol–water partition coefficient (Wildman–Crippen LogP) is -0.356. The third-order valence-corrected chi connectivity index (χ3v) is 3.97. The Morgan fingerprint density at radius 1 is 1.42 bits per heavy atom. The topological polar surface area (TPSA) is 99.1 Å². The maximum absolute atomic E-state index is 12.0. The first-order chi connectivity index (χ1) is 9.07. The number of aliphatic hydroxyl groups is 1. The third-order valence-electron chi connectivity index (χ3n) is 3.97. The number of carbonyl (C=O) groups is 2. The van der Waals surface area contributed by atoms with Crippen molar-refractivity contribution in [2.45, 2.75) is 25.4 Å². The molecule has 3 N–H and O–H groups in total. The van der Waals surface area contributed by atoms with E-state index in [4.69, 9.17) is 14.9 Å². The average Bonchev–Trinajstić information content (AvgIpc) is 2.37. The predicted molar refractivity (Wildman–Crippen MR) is 65.7 cm³/mol. The molecule has 1 saturated carbocycles. The summed E-state index contributed by atoms with van der Waals surface area (Å²) in [4.78, 5) is 24.7. The van der Waals surface area contributed by atoms with Gasteiger partial charge in [0, 0.05) is 13.1 Å². The van der Waals surface area contributed by atoms with Gasteiger partial charge in [0.15, 0.2) is 0 Å². The lowest BCUT2D eigenvalue weighted by Crippen LogP contribution is -2.54. The van der Waals surface area contributed by atoms with E-state index < -0.39 is 11.4 Å². The highest BCUT2D eigenvalue weighted by Crippen LogP contribution is 2.40. The van der Waals surface area contributed by atoms with Gasteiger partial charge in [0.2, 0.25) is 0 Å². The van der Waals surface area contributed by atoms with Crippen LogP contribution in [0.25, 0.3) is 0 Å². The van der Waals surface area contributed by atoms with Gasteiger partial charge in [-0.3, -0.25) is 4.79 Å². The van der Waals surface area contributed by atoms with Crippen LogP contribution in [0.3, 0.4) is 0 Å². The number of carboxylic acids is 1. The number of carboxylic acid groups (broad SMARTS) is 1. The molecular formula is C12H20N2O5. The van der Waals surface area contributed by atoms with Crippen molar-refractivity contribution >= 4 is 12.0 Å². The Hall–Kier alpha value is -1.34. The molecule has 0 radical (unpaired) electrons. The molecule has 0 bridgehead atoms. The van der Waals surface area contributed by atoms with E-state index in [1.54, 1.807) is 4.90 Å². The molecule has 1 aliphatic heterocycles. The quantitative estimate of drug-likeness (QED) is 0.649. The Balaban J connectivity index is 1.82. The Bertz CT molecular complexity index is 356. The van der Waals surface area contributed by atoms with Crippen molar-refractivity contribution in [2.24, 2.45) is 5.41 Å². The fourth-order valence-electron chi connectivity index (χ4n) is 2.44. The summed E-state index contributed by atoms with van der Waals surface area (Å²) in [5, 5.41) is 20.9. The molecule has 2 rings (SSSR count). The molecule has 1 saturated heterocycles. The van der Waals surface area contributed by atoms with E-state index in [9.17, 15) is 9.59 Å². The molecule has 0 spiro atoms. The number of aliphatic hydroxyl groups excluding tert-OH is 1. The van der Waals surface area contributed by atoms with E-state index in [0.717, 1.165) is 6.42 Å². The summed E-state index contributed by atoms with van der Waals surface area (Å²) in [6.07, 6.45) is 1.78. The largest absolute Gasteiger partial charge is 0.481 e. The van der Waals surface area contributed by atoms with Crippen LogP contribution in [0.15, 0.2) is 0 Å². The Morgan fingerprint density at radius 3 is 2.68 bits per heavy atom. The zero-order valence-electron chi connectivity index (χ0n) is 10.8.